The molecule has 0 amide bonds. The van der Waals surface area contributed by atoms with Gasteiger partial charge in [-0.15, -0.1) is 0 Å². The van der Waals surface area contributed by atoms with Gasteiger partial charge in [-0.25, -0.2) is 0 Å². The zero-order valence-corrected chi connectivity index (χ0v) is 8.01. The smallest absolute Gasteiger partial charge is 0.0802 e. The van der Waals surface area contributed by atoms with Gasteiger partial charge in [0, 0.05) is 20.8 Å². The number of ether oxygens (including phenoxy) is 2. The van der Waals surface area contributed by atoms with E-state index in [-0.39, 0.29) is 5.60 Å². The summed E-state index contributed by atoms with van der Waals surface area (Å²) in [6.45, 7) is 0.625. The predicted molar refractivity (Wildman–Crippen MR) is 48.1 cm³/mol. The summed E-state index contributed by atoms with van der Waals surface area (Å²) in [6, 6.07) is 0. The topological polar surface area (TPSA) is 44.5 Å². The fourth-order valence-electron chi connectivity index (χ4n) is 1.84. The average Bonchev–Trinajstić information content (AvgIpc) is 2.18. The maximum Gasteiger partial charge on any atom is 0.0802 e. The summed E-state index contributed by atoms with van der Waals surface area (Å²) in [4.78, 5) is 0. The summed E-state index contributed by atoms with van der Waals surface area (Å²) in [7, 11) is 3.52. The molecule has 0 bridgehead atoms. The van der Waals surface area contributed by atoms with Crippen LogP contribution < -0.4 is 5.73 Å². The molecule has 3 heteroatoms. The Kier molecular flexibility index (Phi) is 3.50. The van der Waals surface area contributed by atoms with Crippen LogP contribution in [0.15, 0.2) is 0 Å². The average molecular weight is 173 g/mol. The summed E-state index contributed by atoms with van der Waals surface area (Å²) in [5, 5.41) is 0. The molecule has 12 heavy (non-hydrogen) atoms. The lowest BCUT2D eigenvalue weighted by molar-refractivity contribution is -0.0648. The number of methoxy groups -OCH3 is 2. The second-order valence-corrected chi connectivity index (χ2v) is 3.53. The first-order valence-electron chi connectivity index (χ1n) is 4.54. The van der Waals surface area contributed by atoms with Gasteiger partial charge < -0.3 is 15.2 Å². The maximum absolute atomic E-state index is 5.67. The number of nitrogens with two attached hydrogens (primary N) is 1. The molecule has 0 saturated heterocycles. The highest BCUT2D eigenvalue weighted by molar-refractivity contribution is 4.88. The van der Waals surface area contributed by atoms with E-state index in [1.807, 2.05) is 0 Å². The van der Waals surface area contributed by atoms with Crippen molar-refractivity contribution in [2.75, 3.05) is 20.8 Å². The number of hydrogen-bond acceptors (Lipinski definition) is 3. The molecule has 72 valence electrons. The minimum Gasteiger partial charge on any atom is -0.381 e. The summed E-state index contributed by atoms with van der Waals surface area (Å²) >= 11 is 0. The molecule has 1 rings (SSSR count). The monoisotopic (exact) mass is 173 g/mol. The molecular formula is C9H19NO2. The van der Waals surface area contributed by atoms with Gasteiger partial charge in [-0.2, -0.15) is 0 Å². The molecule has 3 nitrogen and oxygen atoms in total. The van der Waals surface area contributed by atoms with E-state index in [1.54, 1.807) is 14.2 Å². The molecule has 0 aromatic heterocycles. The van der Waals surface area contributed by atoms with Crippen molar-refractivity contribution in [3.63, 3.8) is 0 Å². The second-order valence-electron chi connectivity index (χ2n) is 3.53. The summed E-state index contributed by atoms with van der Waals surface area (Å²) in [6.07, 6.45) is 4.61. The Morgan fingerprint density at radius 1 is 1.33 bits per heavy atom. The van der Waals surface area contributed by atoms with Crippen LogP contribution in [0.4, 0.5) is 0 Å². The Labute approximate surface area is 74.2 Å². The van der Waals surface area contributed by atoms with E-state index in [0.29, 0.717) is 12.6 Å². The van der Waals surface area contributed by atoms with Crippen LogP contribution in [-0.4, -0.2) is 32.5 Å². The van der Waals surface area contributed by atoms with Crippen molar-refractivity contribution in [1.29, 1.82) is 0 Å². The second kappa shape index (κ2) is 4.21. The van der Waals surface area contributed by atoms with Gasteiger partial charge in [0.2, 0.25) is 0 Å². The maximum atomic E-state index is 5.67. The summed E-state index contributed by atoms with van der Waals surface area (Å²) < 4.78 is 10.7. The lowest BCUT2D eigenvalue weighted by Crippen LogP contribution is -2.44. The van der Waals surface area contributed by atoms with Crippen LogP contribution in [0.3, 0.4) is 0 Å². The van der Waals surface area contributed by atoms with Crippen LogP contribution in [0.5, 0.6) is 0 Å². The Hall–Kier alpha value is -0.120. The highest BCUT2D eigenvalue weighted by atomic mass is 16.5. The Bertz CT molecular complexity index is 124. The number of rotatable bonds is 3. The van der Waals surface area contributed by atoms with Crippen molar-refractivity contribution < 1.29 is 9.47 Å². The van der Waals surface area contributed by atoms with Crippen LogP contribution in [0.1, 0.15) is 25.7 Å². The van der Waals surface area contributed by atoms with Gasteiger partial charge in [0.05, 0.1) is 11.7 Å². The van der Waals surface area contributed by atoms with Gasteiger partial charge in [0.15, 0.2) is 0 Å². The normalized spacial score (nSPS) is 36.8. The third kappa shape index (κ3) is 1.97. The van der Waals surface area contributed by atoms with E-state index in [1.165, 1.54) is 0 Å². The van der Waals surface area contributed by atoms with Crippen LogP contribution in [0.2, 0.25) is 0 Å². The lowest BCUT2D eigenvalue weighted by atomic mass is 9.83. The van der Waals surface area contributed by atoms with Crippen LogP contribution in [0.25, 0.3) is 0 Å². The zero-order chi connectivity index (χ0) is 9.03. The molecular weight excluding hydrogens is 154 g/mol. The van der Waals surface area contributed by atoms with Gasteiger partial charge in [-0.3, -0.25) is 0 Å². The van der Waals surface area contributed by atoms with Gasteiger partial charge in [-0.1, -0.05) is 0 Å². The van der Waals surface area contributed by atoms with E-state index in [9.17, 15) is 0 Å². The quantitative estimate of drug-likeness (QED) is 0.690. The Morgan fingerprint density at radius 2 is 1.92 bits per heavy atom. The first kappa shape index (κ1) is 9.96. The van der Waals surface area contributed by atoms with Crippen LogP contribution >= 0.6 is 0 Å². The summed E-state index contributed by atoms with van der Waals surface area (Å²) in [5.74, 6) is 0. The van der Waals surface area contributed by atoms with Gasteiger partial charge in [0.25, 0.3) is 0 Å². The molecule has 2 N–H and O–H groups in total. The highest BCUT2D eigenvalue weighted by Crippen LogP contribution is 2.31. The van der Waals surface area contributed by atoms with E-state index >= 15 is 0 Å². The molecule has 1 aliphatic carbocycles. The largest absolute Gasteiger partial charge is 0.381 e. The fraction of sp³-hybridized carbons (Fsp3) is 1.00. The Balaban J connectivity index is 2.42. The SMILES string of the molecule is COC1CCC(CN)(OC)CC1. The lowest BCUT2D eigenvalue weighted by Gasteiger charge is -2.37. The first-order chi connectivity index (χ1) is 5.76. The van der Waals surface area contributed by atoms with Crippen LogP contribution in [-0.2, 0) is 9.47 Å². The molecule has 0 aliphatic heterocycles. The van der Waals surface area contributed by atoms with Crippen molar-refractivity contribution in [2.45, 2.75) is 37.4 Å². The Morgan fingerprint density at radius 3 is 2.25 bits per heavy atom. The van der Waals surface area contributed by atoms with Gasteiger partial charge >= 0.3 is 0 Å². The van der Waals surface area contributed by atoms with Crippen molar-refractivity contribution >= 4 is 0 Å². The van der Waals surface area contributed by atoms with Crippen molar-refractivity contribution in [2.24, 2.45) is 5.73 Å². The highest BCUT2D eigenvalue weighted by Gasteiger charge is 2.33. The van der Waals surface area contributed by atoms with Crippen molar-refractivity contribution in [3.05, 3.63) is 0 Å². The molecule has 1 aliphatic rings. The van der Waals surface area contributed by atoms with Crippen molar-refractivity contribution in [3.8, 4) is 0 Å². The van der Waals surface area contributed by atoms with E-state index in [0.717, 1.165) is 25.7 Å². The molecule has 0 unspecified atom stereocenters. The van der Waals surface area contributed by atoms with E-state index in [2.05, 4.69) is 0 Å². The third-order valence-corrected chi connectivity index (χ3v) is 2.98. The molecule has 0 spiro atoms. The van der Waals surface area contributed by atoms with E-state index in [4.69, 9.17) is 15.2 Å². The fourth-order valence-corrected chi connectivity index (χ4v) is 1.84. The molecule has 0 aromatic carbocycles. The van der Waals surface area contributed by atoms with E-state index < -0.39 is 0 Å². The minimum absolute atomic E-state index is 0.0605. The first-order valence-corrected chi connectivity index (χ1v) is 4.54. The molecule has 1 fully saturated rings. The minimum atomic E-state index is -0.0605. The standard InChI is InChI=1S/C9H19NO2/c1-11-8-3-5-9(7-10,12-2)6-4-8/h8H,3-7,10H2,1-2H3. The van der Waals surface area contributed by atoms with Crippen molar-refractivity contribution in [1.82, 2.24) is 0 Å². The molecule has 0 heterocycles. The molecule has 0 aromatic rings. The number of hydrogen-bond donors (Lipinski definition) is 1. The summed E-state index contributed by atoms with van der Waals surface area (Å²) in [5.41, 5.74) is 5.61. The predicted octanol–water partition coefficient (Wildman–Crippen LogP) is 0.919. The zero-order valence-electron chi connectivity index (χ0n) is 8.01. The molecule has 0 radical (unpaired) electrons. The van der Waals surface area contributed by atoms with Gasteiger partial charge in [0.1, 0.15) is 0 Å². The van der Waals surface area contributed by atoms with Crippen LogP contribution in [0, 0.1) is 0 Å². The molecule has 1 saturated carbocycles. The molecule has 0 atom stereocenters. The third-order valence-electron chi connectivity index (χ3n) is 2.98. The van der Waals surface area contributed by atoms with Gasteiger partial charge in [-0.05, 0) is 25.7 Å².